The smallest absolute Gasteiger partial charge is 0.225 e. The Morgan fingerprint density at radius 3 is 2.50 bits per heavy atom. The van der Waals surface area contributed by atoms with Crippen LogP contribution in [0.5, 0.6) is 5.75 Å². The number of methoxy groups -OCH3 is 1. The van der Waals surface area contributed by atoms with E-state index in [-0.39, 0.29) is 0 Å². The first-order valence-electron chi connectivity index (χ1n) is 10.7. The number of H-pyrrole nitrogens is 1. The number of anilines is 2. The van der Waals surface area contributed by atoms with Crippen LogP contribution in [-0.4, -0.2) is 28.6 Å². The summed E-state index contributed by atoms with van der Waals surface area (Å²) in [6.45, 7) is 1.35. The van der Waals surface area contributed by atoms with Crippen LogP contribution in [0.2, 0.25) is 0 Å². The van der Waals surface area contributed by atoms with Crippen LogP contribution < -0.4 is 15.4 Å². The van der Waals surface area contributed by atoms with E-state index in [0.29, 0.717) is 12.5 Å². The van der Waals surface area contributed by atoms with Gasteiger partial charge in [0, 0.05) is 41.1 Å². The summed E-state index contributed by atoms with van der Waals surface area (Å²) in [5.74, 6) is 2.28. The standard InChI is InChI=1S/C26H25N5O/c1-32-24-13-7-2-8-19(24)17-29-25-21-10-4-6-12-23(21)30-26(31-25)27-15-14-18-16-28-22-11-5-3-9-20(18)22/h2-13,16,28H,14-15,17H2,1H3,(H2,27,29,30,31). The van der Waals surface area contributed by atoms with Gasteiger partial charge in [-0.15, -0.1) is 0 Å². The van der Waals surface area contributed by atoms with Crippen LogP contribution in [0, 0.1) is 0 Å². The number of para-hydroxylation sites is 3. The molecule has 0 aliphatic heterocycles. The van der Waals surface area contributed by atoms with E-state index in [4.69, 9.17) is 14.7 Å². The molecular formula is C26H25N5O. The summed E-state index contributed by atoms with van der Waals surface area (Å²) in [6.07, 6.45) is 2.96. The summed E-state index contributed by atoms with van der Waals surface area (Å²) in [7, 11) is 1.69. The van der Waals surface area contributed by atoms with Crippen molar-refractivity contribution in [1.29, 1.82) is 0 Å². The van der Waals surface area contributed by atoms with Crippen molar-refractivity contribution in [1.82, 2.24) is 15.0 Å². The fourth-order valence-corrected chi connectivity index (χ4v) is 3.97. The summed E-state index contributed by atoms with van der Waals surface area (Å²) in [5, 5.41) is 9.12. The van der Waals surface area contributed by atoms with E-state index in [0.717, 1.165) is 46.5 Å². The zero-order chi connectivity index (χ0) is 21.8. The van der Waals surface area contributed by atoms with Gasteiger partial charge in [0.2, 0.25) is 5.95 Å². The van der Waals surface area contributed by atoms with Gasteiger partial charge in [-0.25, -0.2) is 4.98 Å². The summed E-state index contributed by atoms with van der Waals surface area (Å²) in [6, 6.07) is 24.4. The maximum absolute atomic E-state index is 5.48. The third-order valence-corrected chi connectivity index (χ3v) is 5.59. The van der Waals surface area contributed by atoms with Crippen molar-refractivity contribution in [2.75, 3.05) is 24.3 Å². The van der Waals surface area contributed by atoms with Gasteiger partial charge in [0.25, 0.3) is 0 Å². The molecule has 0 bridgehead atoms. The molecule has 6 heteroatoms. The van der Waals surface area contributed by atoms with Crippen molar-refractivity contribution >= 4 is 33.6 Å². The predicted octanol–water partition coefficient (Wildman–Crippen LogP) is 5.39. The highest BCUT2D eigenvalue weighted by atomic mass is 16.5. The minimum Gasteiger partial charge on any atom is -0.496 e. The van der Waals surface area contributed by atoms with Crippen molar-refractivity contribution in [2.45, 2.75) is 13.0 Å². The highest BCUT2D eigenvalue weighted by Gasteiger charge is 2.09. The minimum atomic E-state index is 0.611. The van der Waals surface area contributed by atoms with Gasteiger partial charge in [0.1, 0.15) is 11.6 Å². The van der Waals surface area contributed by atoms with Crippen molar-refractivity contribution in [3.05, 3.63) is 90.1 Å². The molecule has 32 heavy (non-hydrogen) atoms. The molecular weight excluding hydrogens is 398 g/mol. The van der Waals surface area contributed by atoms with Gasteiger partial charge in [0.05, 0.1) is 12.6 Å². The van der Waals surface area contributed by atoms with Gasteiger partial charge < -0.3 is 20.4 Å². The van der Waals surface area contributed by atoms with Gasteiger partial charge in [-0.3, -0.25) is 0 Å². The van der Waals surface area contributed by atoms with Gasteiger partial charge >= 0.3 is 0 Å². The average molecular weight is 424 g/mol. The molecule has 0 aliphatic rings. The second-order valence-electron chi connectivity index (χ2n) is 7.61. The van der Waals surface area contributed by atoms with Crippen LogP contribution in [-0.2, 0) is 13.0 Å². The van der Waals surface area contributed by atoms with Crippen molar-refractivity contribution < 1.29 is 4.74 Å². The summed E-state index contributed by atoms with van der Waals surface area (Å²) in [5.41, 5.74) is 4.42. The van der Waals surface area contributed by atoms with Gasteiger partial charge in [0.15, 0.2) is 0 Å². The lowest BCUT2D eigenvalue weighted by atomic mass is 10.1. The molecule has 5 aromatic rings. The largest absolute Gasteiger partial charge is 0.496 e. The van der Waals surface area contributed by atoms with E-state index < -0.39 is 0 Å². The van der Waals surface area contributed by atoms with Gasteiger partial charge in [-0.05, 0) is 36.2 Å². The Morgan fingerprint density at radius 1 is 0.812 bits per heavy atom. The molecule has 0 atom stereocenters. The van der Waals surface area contributed by atoms with Crippen LogP contribution in [0.1, 0.15) is 11.1 Å². The van der Waals surface area contributed by atoms with Crippen LogP contribution in [0.4, 0.5) is 11.8 Å². The molecule has 3 N–H and O–H groups in total. The third kappa shape index (κ3) is 4.07. The van der Waals surface area contributed by atoms with E-state index in [1.165, 1.54) is 10.9 Å². The van der Waals surface area contributed by atoms with Crippen molar-refractivity contribution in [3.63, 3.8) is 0 Å². The molecule has 2 heterocycles. The normalized spacial score (nSPS) is 11.0. The van der Waals surface area contributed by atoms with E-state index in [2.05, 4.69) is 46.1 Å². The number of hydrogen-bond donors (Lipinski definition) is 3. The molecule has 160 valence electrons. The van der Waals surface area contributed by atoms with E-state index in [9.17, 15) is 0 Å². The van der Waals surface area contributed by atoms with Crippen LogP contribution in [0.25, 0.3) is 21.8 Å². The topological polar surface area (TPSA) is 74.9 Å². The SMILES string of the molecule is COc1ccccc1CNc1nc(NCCc2c[nH]c3ccccc23)nc2ccccc12. The fourth-order valence-electron chi connectivity index (χ4n) is 3.97. The molecule has 0 aliphatic carbocycles. The highest BCUT2D eigenvalue weighted by molar-refractivity contribution is 5.90. The zero-order valence-electron chi connectivity index (χ0n) is 17.9. The second-order valence-corrected chi connectivity index (χ2v) is 7.61. The monoisotopic (exact) mass is 423 g/mol. The molecule has 0 unspecified atom stereocenters. The van der Waals surface area contributed by atoms with Crippen LogP contribution in [0.3, 0.4) is 0 Å². The molecule has 5 rings (SSSR count). The van der Waals surface area contributed by atoms with Crippen molar-refractivity contribution in [2.24, 2.45) is 0 Å². The number of fused-ring (bicyclic) bond motifs is 2. The lowest BCUT2D eigenvalue weighted by Crippen LogP contribution is -2.10. The summed E-state index contributed by atoms with van der Waals surface area (Å²) < 4.78 is 5.48. The molecule has 0 amide bonds. The molecule has 3 aromatic carbocycles. The van der Waals surface area contributed by atoms with E-state index in [1.54, 1.807) is 7.11 Å². The first-order chi connectivity index (χ1) is 15.8. The lowest BCUT2D eigenvalue weighted by Gasteiger charge is -2.13. The predicted molar refractivity (Wildman–Crippen MR) is 130 cm³/mol. The Hall–Kier alpha value is -4.06. The maximum atomic E-state index is 5.48. The molecule has 2 aromatic heterocycles. The fraction of sp³-hybridized carbons (Fsp3) is 0.154. The molecule has 6 nitrogen and oxygen atoms in total. The summed E-state index contributed by atoms with van der Waals surface area (Å²) >= 11 is 0. The molecule has 0 fully saturated rings. The van der Waals surface area contributed by atoms with Gasteiger partial charge in [-0.2, -0.15) is 4.98 Å². The average Bonchev–Trinajstić information content (AvgIpc) is 3.26. The number of aromatic nitrogens is 3. The third-order valence-electron chi connectivity index (χ3n) is 5.59. The van der Waals surface area contributed by atoms with Crippen LogP contribution >= 0.6 is 0 Å². The molecule has 0 spiro atoms. The van der Waals surface area contributed by atoms with Crippen molar-refractivity contribution in [3.8, 4) is 5.75 Å². The number of aromatic amines is 1. The number of benzene rings is 3. The van der Waals surface area contributed by atoms with Gasteiger partial charge in [-0.1, -0.05) is 48.5 Å². The Kier molecular flexibility index (Phi) is 5.58. The quantitative estimate of drug-likeness (QED) is 0.312. The number of ether oxygens (including phenoxy) is 1. The van der Waals surface area contributed by atoms with E-state index in [1.807, 2.05) is 48.5 Å². The molecule has 0 saturated carbocycles. The molecule has 0 radical (unpaired) electrons. The first kappa shape index (κ1) is 19.9. The Bertz CT molecular complexity index is 1360. The minimum absolute atomic E-state index is 0.611. The Balaban J connectivity index is 1.34. The number of nitrogens with zero attached hydrogens (tertiary/aromatic N) is 2. The number of hydrogen-bond acceptors (Lipinski definition) is 5. The summed E-state index contributed by atoms with van der Waals surface area (Å²) in [4.78, 5) is 12.8. The Labute approximate surface area is 186 Å². The molecule has 0 saturated heterocycles. The number of nitrogens with one attached hydrogen (secondary N) is 3. The highest BCUT2D eigenvalue weighted by Crippen LogP contribution is 2.24. The van der Waals surface area contributed by atoms with E-state index >= 15 is 0 Å². The second kappa shape index (κ2) is 8.98. The lowest BCUT2D eigenvalue weighted by molar-refractivity contribution is 0.410. The van der Waals surface area contributed by atoms with Crippen LogP contribution in [0.15, 0.2) is 79.0 Å². The zero-order valence-corrected chi connectivity index (χ0v) is 17.9. The number of rotatable bonds is 8. The Morgan fingerprint density at radius 2 is 1.59 bits per heavy atom. The maximum Gasteiger partial charge on any atom is 0.225 e. The first-order valence-corrected chi connectivity index (χ1v) is 10.7.